The van der Waals surface area contributed by atoms with Gasteiger partial charge in [0.1, 0.15) is 12.4 Å². The zero-order chi connectivity index (χ0) is 19.5. The lowest BCUT2D eigenvalue weighted by Crippen LogP contribution is -2.55. The monoisotopic (exact) mass is 382 g/mol. The minimum absolute atomic E-state index is 0.0582. The van der Waals surface area contributed by atoms with Crippen molar-refractivity contribution in [2.45, 2.75) is 6.10 Å². The summed E-state index contributed by atoms with van der Waals surface area (Å²) in [5.41, 5.74) is 0.583. The van der Waals surface area contributed by atoms with Crippen LogP contribution >= 0.6 is 0 Å². The topological polar surface area (TPSA) is 68.3 Å². The van der Waals surface area contributed by atoms with Gasteiger partial charge in [0.05, 0.1) is 7.11 Å². The van der Waals surface area contributed by atoms with Gasteiger partial charge in [-0.15, -0.1) is 0 Å². The van der Waals surface area contributed by atoms with E-state index in [-0.39, 0.29) is 18.4 Å². The minimum Gasteiger partial charge on any atom is -0.497 e. The molecule has 0 spiro atoms. The molecule has 0 N–H and O–H groups in total. The molecule has 2 amide bonds. The molecular formula is C21H22N2O5. The van der Waals surface area contributed by atoms with Gasteiger partial charge in [0.2, 0.25) is 6.10 Å². The second kappa shape index (κ2) is 7.80. The number of fused-ring (bicyclic) bond motifs is 1. The molecule has 2 aromatic carbocycles. The molecule has 1 atom stereocenters. The van der Waals surface area contributed by atoms with E-state index in [0.29, 0.717) is 49.0 Å². The molecule has 0 unspecified atom stereocenters. The van der Waals surface area contributed by atoms with Crippen LogP contribution in [0.15, 0.2) is 48.5 Å². The van der Waals surface area contributed by atoms with Crippen LogP contribution in [-0.4, -0.2) is 67.6 Å². The summed E-state index contributed by atoms with van der Waals surface area (Å²) in [6.07, 6.45) is -0.657. The lowest BCUT2D eigenvalue weighted by atomic mass is 10.1. The first-order chi connectivity index (χ1) is 13.7. The number of carbonyl (C=O) groups is 2. The predicted octanol–water partition coefficient (Wildman–Crippen LogP) is 1.82. The molecule has 1 saturated heterocycles. The van der Waals surface area contributed by atoms with Crippen molar-refractivity contribution < 1.29 is 23.8 Å². The van der Waals surface area contributed by atoms with Crippen LogP contribution in [0.4, 0.5) is 0 Å². The molecule has 0 aliphatic carbocycles. The van der Waals surface area contributed by atoms with Crippen molar-refractivity contribution in [3.63, 3.8) is 0 Å². The predicted molar refractivity (Wildman–Crippen MR) is 102 cm³/mol. The Kier molecular flexibility index (Phi) is 5.06. The molecule has 2 aromatic rings. The van der Waals surface area contributed by atoms with Crippen molar-refractivity contribution in [2.24, 2.45) is 0 Å². The maximum absolute atomic E-state index is 12.8. The first-order valence-electron chi connectivity index (χ1n) is 9.26. The van der Waals surface area contributed by atoms with Crippen molar-refractivity contribution >= 4 is 11.8 Å². The molecular weight excluding hydrogens is 360 g/mol. The van der Waals surface area contributed by atoms with E-state index in [4.69, 9.17) is 14.2 Å². The lowest BCUT2D eigenvalue weighted by Gasteiger charge is -2.37. The van der Waals surface area contributed by atoms with E-state index >= 15 is 0 Å². The van der Waals surface area contributed by atoms with Crippen molar-refractivity contribution in [1.29, 1.82) is 0 Å². The number of para-hydroxylation sites is 2. The fourth-order valence-corrected chi connectivity index (χ4v) is 3.41. The van der Waals surface area contributed by atoms with Crippen LogP contribution in [0.1, 0.15) is 10.4 Å². The molecule has 0 radical (unpaired) electrons. The highest BCUT2D eigenvalue weighted by Gasteiger charge is 2.33. The molecule has 28 heavy (non-hydrogen) atoms. The summed E-state index contributed by atoms with van der Waals surface area (Å²) in [5.74, 6) is 1.72. The average Bonchev–Trinajstić information content (AvgIpc) is 2.78. The molecule has 146 valence electrons. The Balaban J connectivity index is 1.35. The summed E-state index contributed by atoms with van der Waals surface area (Å²) >= 11 is 0. The van der Waals surface area contributed by atoms with E-state index < -0.39 is 6.10 Å². The summed E-state index contributed by atoms with van der Waals surface area (Å²) in [7, 11) is 1.57. The Morgan fingerprint density at radius 3 is 2.43 bits per heavy atom. The average molecular weight is 382 g/mol. The van der Waals surface area contributed by atoms with Gasteiger partial charge in [0, 0.05) is 31.7 Å². The molecule has 4 rings (SSSR count). The zero-order valence-electron chi connectivity index (χ0n) is 15.7. The quantitative estimate of drug-likeness (QED) is 0.810. The highest BCUT2D eigenvalue weighted by molar-refractivity contribution is 5.94. The number of carbonyl (C=O) groups excluding carboxylic acids is 2. The van der Waals surface area contributed by atoms with E-state index in [0.717, 1.165) is 0 Å². The number of hydrogen-bond donors (Lipinski definition) is 0. The van der Waals surface area contributed by atoms with Crippen LogP contribution in [0.5, 0.6) is 17.2 Å². The second-order valence-corrected chi connectivity index (χ2v) is 6.71. The molecule has 7 nitrogen and oxygen atoms in total. The Morgan fingerprint density at radius 1 is 0.964 bits per heavy atom. The maximum Gasteiger partial charge on any atom is 0.267 e. The number of methoxy groups -OCH3 is 1. The number of nitrogens with zero attached hydrogens (tertiary/aromatic N) is 2. The number of ether oxygens (including phenoxy) is 3. The van der Waals surface area contributed by atoms with Crippen molar-refractivity contribution in [3.8, 4) is 17.2 Å². The highest BCUT2D eigenvalue weighted by Crippen LogP contribution is 2.31. The molecule has 2 aliphatic rings. The number of rotatable bonds is 3. The van der Waals surface area contributed by atoms with Gasteiger partial charge in [0.15, 0.2) is 11.5 Å². The molecule has 1 fully saturated rings. The van der Waals surface area contributed by atoms with E-state index in [1.807, 2.05) is 18.2 Å². The number of benzene rings is 2. The van der Waals surface area contributed by atoms with Gasteiger partial charge in [-0.3, -0.25) is 9.59 Å². The Morgan fingerprint density at radius 2 is 1.68 bits per heavy atom. The summed E-state index contributed by atoms with van der Waals surface area (Å²) in [4.78, 5) is 29.0. The third-order valence-electron chi connectivity index (χ3n) is 4.98. The van der Waals surface area contributed by atoms with Crippen molar-refractivity contribution in [1.82, 2.24) is 9.80 Å². The Labute approximate surface area is 163 Å². The highest BCUT2D eigenvalue weighted by atomic mass is 16.6. The van der Waals surface area contributed by atoms with Crippen molar-refractivity contribution in [3.05, 3.63) is 54.1 Å². The zero-order valence-corrected chi connectivity index (χ0v) is 15.7. The van der Waals surface area contributed by atoms with E-state index in [2.05, 4.69) is 0 Å². The summed E-state index contributed by atoms with van der Waals surface area (Å²) in [5, 5.41) is 0. The van der Waals surface area contributed by atoms with E-state index in [1.54, 1.807) is 47.2 Å². The van der Waals surface area contributed by atoms with Crippen LogP contribution < -0.4 is 14.2 Å². The fourth-order valence-electron chi connectivity index (χ4n) is 3.41. The van der Waals surface area contributed by atoms with E-state index in [1.165, 1.54) is 0 Å². The third-order valence-corrected chi connectivity index (χ3v) is 4.98. The van der Waals surface area contributed by atoms with Crippen molar-refractivity contribution in [2.75, 3.05) is 39.9 Å². The molecule has 7 heteroatoms. The molecule has 2 heterocycles. The second-order valence-electron chi connectivity index (χ2n) is 6.71. The first-order valence-corrected chi connectivity index (χ1v) is 9.26. The van der Waals surface area contributed by atoms with E-state index in [9.17, 15) is 9.59 Å². The number of piperazine rings is 1. The third kappa shape index (κ3) is 3.60. The van der Waals surface area contributed by atoms with Crippen LogP contribution in [0, 0.1) is 0 Å². The van der Waals surface area contributed by atoms with Gasteiger partial charge < -0.3 is 24.0 Å². The van der Waals surface area contributed by atoms with Gasteiger partial charge in [0.25, 0.3) is 11.8 Å². The molecule has 2 aliphatic heterocycles. The van der Waals surface area contributed by atoms with Crippen LogP contribution in [0.3, 0.4) is 0 Å². The molecule has 0 saturated carbocycles. The number of amides is 2. The van der Waals surface area contributed by atoms with Crippen LogP contribution in [-0.2, 0) is 4.79 Å². The van der Waals surface area contributed by atoms with Crippen LogP contribution in [0.2, 0.25) is 0 Å². The smallest absolute Gasteiger partial charge is 0.267 e. The summed E-state index contributed by atoms with van der Waals surface area (Å²) in [6, 6.07) is 14.4. The standard InChI is InChI=1S/C21H22N2O5/c1-26-16-6-4-5-15(13-16)20(24)22-9-11-23(12-10-22)21(25)19-14-27-17-7-2-3-8-18(17)28-19/h2-8,13,19H,9-12,14H2,1H3/t19-/m0/s1. The Bertz CT molecular complexity index is 877. The minimum atomic E-state index is -0.657. The summed E-state index contributed by atoms with van der Waals surface area (Å²) < 4.78 is 16.6. The fraction of sp³-hybridized carbons (Fsp3) is 0.333. The normalized spacial score (nSPS) is 18.5. The Hall–Kier alpha value is -3.22. The SMILES string of the molecule is COc1cccc(C(=O)N2CCN(C(=O)[C@@H]3COc4ccccc4O3)CC2)c1. The largest absolute Gasteiger partial charge is 0.497 e. The first kappa shape index (κ1) is 18.2. The summed E-state index contributed by atoms with van der Waals surface area (Å²) in [6.45, 7) is 2.09. The molecule has 0 aromatic heterocycles. The van der Waals surface area contributed by atoms with Gasteiger partial charge >= 0.3 is 0 Å². The van der Waals surface area contributed by atoms with Crippen LogP contribution in [0.25, 0.3) is 0 Å². The van der Waals surface area contributed by atoms with Gasteiger partial charge in [-0.2, -0.15) is 0 Å². The van der Waals surface area contributed by atoms with Gasteiger partial charge in [-0.1, -0.05) is 18.2 Å². The lowest BCUT2D eigenvalue weighted by molar-refractivity contribution is -0.142. The van der Waals surface area contributed by atoms with Gasteiger partial charge in [-0.25, -0.2) is 0 Å². The number of hydrogen-bond acceptors (Lipinski definition) is 5. The molecule has 0 bridgehead atoms. The van der Waals surface area contributed by atoms with Gasteiger partial charge in [-0.05, 0) is 30.3 Å². The maximum atomic E-state index is 12.8.